The number of benzene rings is 2. The van der Waals surface area contributed by atoms with Crippen LogP contribution in [0.3, 0.4) is 0 Å². The molecule has 4 aromatic rings. The number of hydrogen-bond donors (Lipinski definition) is 3. The van der Waals surface area contributed by atoms with Crippen molar-refractivity contribution in [2.45, 2.75) is 25.4 Å². The van der Waals surface area contributed by atoms with Crippen molar-refractivity contribution in [1.29, 1.82) is 0 Å². The number of amides is 1. The minimum Gasteiger partial charge on any atom is -0.755 e. The van der Waals surface area contributed by atoms with Crippen molar-refractivity contribution in [2.75, 3.05) is 4.31 Å². The van der Waals surface area contributed by atoms with Gasteiger partial charge in [-0.3, -0.25) is 18.5 Å². The van der Waals surface area contributed by atoms with Crippen LogP contribution in [0.25, 0.3) is 10.4 Å². The number of carbonyl (C=O) groups excluding carboxylic acids is 1. The molecular weight excluding hydrogens is 526 g/mol. The molecule has 1 amide bonds. The van der Waals surface area contributed by atoms with E-state index in [9.17, 15) is 18.7 Å². The molecule has 3 N–H and O–H groups in total. The Morgan fingerprint density at radius 1 is 1.22 bits per heavy atom. The molecule has 0 fully saturated rings. The predicted octanol–water partition coefficient (Wildman–Crippen LogP) is 3.85. The second kappa shape index (κ2) is 11.6. The average Bonchev–Trinajstić information content (AvgIpc) is 3.55. The fourth-order valence-corrected chi connectivity index (χ4v) is 5.46. The molecule has 0 saturated carbocycles. The van der Waals surface area contributed by atoms with Gasteiger partial charge in [-0.15, -0.1) is 16.4 Å². The SMILES string of the molecule is O=C(C[C@H](Cc1ccc(O)c(Cl)c1)n1cc(CN(c2ccc(-c3ccccc3)s2)S(=O)[O-])nn1)NO. The van der Waals surface area contributed by atoms with Crippen LogP contribution < -0.4 is 9.79 Å². The number of aromatic nitrogens is 3. The van der Waals surface area contributed by atoms with Crippen LogP contribution in [-0.4, -0.2) is 40.0 Å². The lowest BCUT2D eigenvalue weighted by Gasteiger charge is -2.23. The van der Waals surface area contributed by atoms with Gasteiger partial charge in [0.1, 0.15) is 16.4 Å². The van der Waals surface area contributed by atoms with Crippen LogP contribution >= 0.6 is 22.9 Å². The number of phenolic OH excluding ortho intramolecular Hbond substituents is 1. The van der Waals surface area contributed by atoms with E-state index in [4.69, 9.17) is 16.8 Å². The number of aromatic hydroxyl groups is 1. The number of rotatable bonds is 10. The third-order valence-electron chi connectivity index (χ3n) is 5.34. The number of hydroxylamine groups is 1. The van der Waals surface area contributed by atoms with E-state index in [0.717, 1.165) is 16.0 Å². The first-order valence-electron chi connectivity index (χ1n) is 10.7. The van der Waals surface area contributed by atoms with Crippen LogP contribution in [0.2, 0.25) is 5.02 Å². The van der Waals surface area contributed by atoms with Gasteiger partial charge in [-0.2, -0.15) is 0 Å². The maximum Gasteiger partial charge on any atom is 0.245 e. The van der Waals surface area contributed by atoms with Gasteiger partial charge in [0.25, 0.3) is 0 Å². The molecule has 2 heterocycles. The molecule has 4 rings (SSSR count). The first-order chi connectivity index (χ1) is 17.3. The number of nitrogens with zero attached hydrogens (tertiary/aromatic N) is 4. The molecule has 0 saturated heterocycles. The van der Waals surface area contributed by atoms with E-state index in [0.29, 0.717) is 17.1 Å². The summed E-state index contributed by atoms with van der Waals surface area (Å²) in [5, 5.41) is 27.5. The van der Waals surface area contributed by atoms with E-state index in [1.807, 2.05) is 36.4 Å². The van der Waals surface area contributed by atoms with Crippen molar-refractivity contribution in [3.8, 4) is 16.2 Å². The van der Waals surface area contributed by atoms with Crippen LogP contribution in [0.5, 0.6) is 5.75 Å². The summed E-state index contributed by atoms with van der Waals surface area (Å²) in [6, 6.07) is 17.3. The molecule has 2 aromatic carbocycles. The number of thiophene rings is 1. The Morgan fingerprint density at radius 2 is 2.00 bits per heavy atom. The number of halogens is 1. The largest absolute Gasteiger partial charge is 0.755 e. The Labute approximate surface area is 218 Å². The maximum atomic E-state index is 12.0. The van der Waals surface area contributed by atoms with Crippen molar-refractivity contribution in [3.63, 3.8) is 0 Å². The van der Waals surface area contributed by atoms with E-state index < -0.39 is 23.2 Å². The number of hydrogen-bond acceptors (Lipinski definition) is 8. The molecule has 13 heteroatoms. The van der Waals surface area contributed by atoms with Crippen molar-refractivity contribution in [2.24, 2.45) is 0 Å². The van der Waals surface area contributed by atoms with Gasteiger partial charge in [0, 0.05) is 16.1 Å². The predicted molar refractivity (Wildman–Crippen MR) is 135 cm³/mol. The van der Waals surface area contributed by atoms with Gasteiger partial charge in [0.2, 0.25) is 5.91 Å². The Hall–Kier alpha value is -3.29. The summed E-state index contributed by atoms with van der Waals surface area (Å²) < 4.78 is 26.7. The lowest BCUT2D eigenvalue weighted by molar-refractivity contribution is -0.130. The molecule has 2 aromatic heterocycles. The number of nitrogens with one attached hydrogen (secondary N) is 1. The van der Waals surface area contributed by atoms with E-state index in [1.54, 1.807) is 29.9 Å². The molecule has 1 unspecified atom stereocenters. The van der Waals surface area contributed by atoms with E-state index in [1.165, 1.54) is 26.4 Å². The van der Waals surface area contributed by atoms with Crippen molar-refractivity contribution in [1.82, 2.24) is 20.5 Å². The molecule has 188 valence electrons. The summed E-state index contributed by atoms with van der Waals surface area (Å²) in [6.45, 7) is -0.0607. The highest BCUT2D eigenvalue weighted by Gasteiger charge is 2.20. The second-order valence-electron chi connectivity index (χ2n) is 7.83. The fourth-order valence-electron chi connectivity index (χ4n) is 3.60. The van der Waals surface area contributed by atoms with Crippen molar-refractivity contribution < 1.29 is 23.9 Å². The first kappa shape index (κ1) is 25.8. The zero-order valence-electron chi connectivity index (χ0n) is 18.7. The van der Waals surface area contributed by atoms with Gasteiger partial charge in [0.15, 0.2) is 0 Å². The van der Waals surface area contributed by atoms with Crippen LogP contribution in [0.15, 0.2) is 66.9 Å². The highest BCUT2D eigenvalue weighted by Crippen LogP contribution is 2.35. The molecule has 0 spiro atoms. The van der Waals surface area contributed by atoms with Gasteiger partial charge in [-0.25, -0.2) is 10.2 Å². The Morgan fingerprint density at radius 3 is 2.69 bits per heavy atom. The first-order valence-corrected chi connectivity index (χ1v) is 12.9. The van der Waals surface area contributed by atoms with E-state index in [2.05, 4.69) is 10.3 Å². The molecule has 0 aliphatic heterocycles. The summed E-state index contributed by atoms with van der Waals surface area (Å²) in [5.74, 6) is -0.695. The number of anilines is 1. The van der Waals surface area contributed by atoms with Crippen molar-refractivity contribution in [3.05, 3.63) is 83.1 Å². The zero-order valence-corrected chi connectivity index (χ0v) is 21.0. The van der Waals surface area contributed by atoms with E-state index in [-0.39, 0.29) is 23.7 Å². The Bertz CT molecular complexity index is 1360. The van der Waals surface area contributed by atoms with Gasteiger partial charge >= 0.3 is 0 Å². The summed E-state index contributed by atoms with van der Waals surface area (Å²) in [7, 11) is 0. The Kier molecular flexibility index (Phi) is 8.33. The lowest BCUT2D eigenvalue weighted by atomic mass is 10.0. The maximum absolute atomic E-state index is 12.0. The molecule has 36 heavy (non-hydrogen) atoms. The topological polar surface area (TPSA) is 144 Å². The minimum absolute atomic E-state index is 0.0607. The van der Waals surface area contributed by atoms with Gasteiger partial charge < -0.3 is 9.66 Å². The number of carbonyl (C=O) groups is 1. The van der Waals surface area contributed by atoms with Crippen LogP contribution in [0, 0.1) is 0 Å². The highest BCUT2D eigenvalue weighted by molar-refractivity contribution is 7.80. The van der Waals surface area contributed by atoms with Gasteiger partial charge in [0.05, 0.1) is 30.2 Å². The standard InChI is InChI=1S/C23H22ClN5O5S2/c24-19-11-15(6-7-20(19)30)10-18(12-22(31)26-32)28-13-17(25-27-28)14-29(36(33)34)23-9-8-21(35-23)16-4-2-1-3-5-16/h1-9,11,13,18,30,32H,10,12,14H2,(H,26,31)(H,33,34)/p-1/t18-/m0/s1. The molecular formula is C23H21ClN5O5S2-. The number of phenols is 1. The fraction of sp³-hybridized carbons (Fsp3) is 0.174. The quantitative estimate of drug-likeness (QED) is 0.156. The summed E-state index contributed by atoms with van der Waals surface area (Å²) in [4.78, 5) is 12.8. The lowest BCUT2D eigenvalue weighted by Crippen LogP contribution is -2.25. The zero-order chi connectivity index (χ0) is 25.7. The Balaban J connectivity index is 1.54. The molecule has 10 nitrogen and oxygen atoms in total. The smallest absolute Gasteiger partial charge is 0.245 e. The van der Waals surface area contributed by atoms with Crippen LogP contribution in [0.1, 0.15) is 23.7 Å². The van der Waals surface area contributed by atoms with Crippen LogP contribution in [0.4, 0.5) is 5.00 Å². The molecule has 0 aliphatic carbocycles. The molecule has 2 atom stereocenters. The van der Waals surface area contributed by atoms with Crippen LogP contribution in [-0.2, 0) is 29.0 Å². The van der Waals surface area contributed by atoms with E-state index >= 15 is 0 Å². The molecule has 0 aliphatic rings. The molecule has 0 bridgehead atoms. The third-order valence-corrected chi connectivity index (χ3v) is 7.60. The third kappa shape index (κ3) is 6.28. The molecule has 0 radical (unpaired) electrons. The monoisotopic (exact) mass is 546 g/mol. The average molecular weight is 547 g/mol. The highest BCUT2D eigenvalue weighted by atomic mass is 35.5. The second-order valence-corrected chi connectivity index (χ2v) is 10.2. The summed E-state index contributed by atoms with van der Waals surface area (Å²) in [6.07, 6.45) is 1.72. The summed E-state index contributed by atoms with van der Waals surface area (Å²) >= 11 is 4.77. The minimum atomic E-state index is -2.57. The normalized spacial score (nSPS) is 12.8. The summed E-state index contributed by atoms with van der Waals surface area (Å²) in [5.41, 5.74) is 3.68. The van der Waals surface area contributed by atoms with Crippen molar-refractivity contribution >= 4 is 45.1 Å². The van der Waals surface area contributed by atoms with Gasteiger partial charge in [-0.05, 0) is 41.8 Å². The van der Waals surface area contributed by atoms with Gasteiger partial charge in [-0.1, -0.05) is 53.2 Å².